The van der Waals surface area contributed by atoms with E-state index in [4.69, 9.17) is 9.47 Å². The van der Waals surface area contributed by atoms with Gasteiger partial charge >= 0.3 is 0 Å². The van der Waals surface area contributed by atoms with E-state index in [9.17, 15) is 14.4 Å². The van der Waals surface area contributed by atoms with Gasteiger partial charge in [0.05, 0.1) is 25.0 Å². The quantitative estimate of drug-likeness (QED) is 0.593. The Morgan fingerprint density at radius 1 is 1.23 bits per heavy atom. The predicted molar refractivity (Wildman–Crippen MR) is 118 cm³/mol. The third-order valence-corrected chi connectivity index (χ3v) is 6.02. The lowest BCUT2D eigenvalue weighted by Gasteiger charge is -2.13. The van der Waals surface area contributed by atoms with E-state index in [-0.39, 0.29) is 30.1 Å². The van der Waals surface area contributed by atoms with Crippen LogP contribution in [-0.2, 0) is 16.0 Å². The van der Waals surface area contributed by atoms with Crippen molar-refractivity contribution in [3.05, 3.63) is 51.1 Å². The number of nitrogens with zero attached hydrogens (tertiary/aromatic N) is 1. The molecule has 9 heteroatoms. The maximum Gasteiger partial charge on any atom is 0.293 e. The molecule has 0 bridgehead atoms. The van der Waals surface area contributed by atoms with Gasteiger partial charge < -0.3 is 14.8 Å². The topological polar surface area (TPSA) is 84.9 Å². The van der Waals surface area contributed by atoms with Crippen LogP contribution in [0.25, 0.3) is 6.08 Å². The molecule has 1 aliphatic heterocycles. The number of thiophene rings is 1. The molecule has 3 rings (SSSR count). The summed E-state index contributed by atoms with van der Waals surface area (Å²) in [5, 5.41) is 4.31. The highest BCUT2D eigenvalue weighted by atomic mass is 32.2. The van der Waals surface area contributed by atoms with Crippen molar-refractivity contribution in [2.45, 2.75) is 13.3 Å². The number of hydrogen-bond acceptors (Lipinski definition) is 7. The van der Waals surface area contributed by atoms with Crippen molar-refractivity contribution in [1.29, 1.82) is 0 Å². The van der Waals surface area contributed by atoms with Crippen LogP contribution < -0.4 is 14.8 Å². The highest BCUT2D eigenvalue weighted by Crippen LogP contribution is 2.34. The van der Waals surface area contributed by atoms with Crippen molar-refractivity contribution in [3.8, 4) is 11.5 Å². The van der Waals surface area contributed by atoms with E-state index >= 15 is 0 Å². The van der Waals surface area contributed by atoms with Gasteiger partial charge in [0.2, 0.25) is 5.91 Å². The van der Waals surface area contributed by atoms with E-state index in [2.05, 4.69) is 5.32 Å². The van der Waals surface area contributed by atoms with Crippen LogP contribution >= 0.6 is 23.1 Å². The van der Waals surface area contributed by atoms with Gasteiger partial charge in [-0.05, 0) is 53.9 Å². The van der Waals surface area contributed by atoms with Gasteiger partial charge in [-0.2, -0.15) is 0 Å². The molecule has 1 saturated heterocycles. The van der Waals surface area contributed by atoms with Crippen LogP contribution in [-0.4, -0.2) is 48.8 Å². The second kappa shape index (κ2) is 10.3. The maximum atomic E-state index is 12.6. The number of methoxy groups -OCH3 is 1. The summed E-state index contributed by atoms with van der Waals surface area (Å²) in [6.07, 6.45) is 1.94. The van der Waals surface area contributed by atoms with E-state index in [1.54, 1.807) is 31.4 Å². The zero-order valence-corrected chi connectivity index (χ0v) is 18.3. The van der Waals surface area contributed by atoms with Crippen LogP contribution in [0.2, 0.25) is 0 Å². The first kappa shape index (κ1) is 21.9. The van der Waals surface area contributed by atoms with Gasteiger partial charge in [0.25, 0.3) is 11.1 Å². The summed E-state index contributed by atoms with van der Waals surface area (Å²) in [5.41, 5.74) is 0.727. The molecule has 0 aliphatic carbocycles. The standard InChI is InChI=1S/C21H22N2O5S2/c1-3-28-16-7-6-14(11-17(16)27-2)12-18-20(25)23(21(26)30-18)9-8-22-19(24)13-15-5-4-10-29-15/h4-7,10-12H,3,8-9,13H2,1-2H3,(H,22,24)/b18-12+. The fraction of sp³-hybridized carbons (Fsp3) is 0.286. The molecule has 1 aromatic carbocycles. The summed E-state index contributed by atoms with van der Waals surface area (Å²) < 4.78 is 10.8. The van der Waals surface area contributed by atoms with Gasteiger partial charge in [-0.3, -0.25) is 19.3 Å². The van der Waals surface area contributed by atoms with Gasteiger partial charge in [-0.1, -0.05) is 12.1 Å². The zero-order chi connectivity index (χ0) is 21.5. The van der Waals surface area contributed by atoms with Crippen molar-refractivity contribution in [2.24, 2.45) is 0 Å². The maximum absolute atomic E-state index is 12.6. The van der Waals surface area contributed by atoms with Crippen LogP contribution in [0.5, 0.6) is 11.5 Å². The van der Waals surface area contributed by atoms with Crippen LogP contribution in [0.4, 0.5) is 4.79 Å². The lowest BCUT2D eigenvalue weighted by Crippen LogP contribution is -2.37. The van der Waals surface area contributed by atoms with E-state index < -0.39 is 0 Å². The number of carbonyl (C=O) groups excluding carboxylic acids is 3. The smallest absolute Gasteiger partial charge is 0.293 e. The molecule has 1 fully saturated rings. The molecule has 1 aromatic heterocycles. The normalized spacial score (nSPS) is 15.0. The fourth-order valence-electron chi connectivity index (χ4n) is 2.83. The summed E-state index contributed by atoms with van der Waals surface area (Å²) in [7, 11) is 1.54. The zero-order valence-electron chi connectivity index (χ0n) is 16.7. The number of amides is 3. The second-order valence-electron chi connectivity index (χ2n) is 6.28. The van der Waals surface area contributed by atoms with E-state index in [1.165, 1.54) is 11.3 Å². The molecule has 0 saturated carbocycles. The number of rotatable bonds is 9. The summed E-state index contributed by atoms with van der Waals surface area (Å²) in [5.74, 6) is 0.661. The lowest BCUT2D eigenvalue weighted by atomic mass is 10.2. The van der Waals surface area contributed by atoms with Crippen LogP contribution in [0.1, 0.15) is 17.4 Å². The third-order valence-electron chi connectivity index (χ3n) is 4.23. The molecule has 158 valence electrons. The third kappa shape index (κ3) is 5.43. The summed E-state index contributed by atoms with van der Waals surface area (Å²) in [6.45, 7) is 2.74. The molecule has 0 spiro atoms. The summed E-state index contributed by atoms with van der Waals surface area (Å²) >= 11 is 2.39. The van der Waals surface area contributed by atoms with Crippen molar-refractivity contribution < 1.29 is 23.9 Å². The fourth-order valence-corrected chi connectivity index (χ4v) is 4.40. The molecular weight excluding hydrogens is 424 g/mol. The number of thioether (sulfide) groups is 1. The number of nitrogens with one attached hydrogen (secondary N) is 1. The monoisotopic (exact) mass is 446 g/mol. The highest BCUT2D eigenvalue weighted by molar-refractivity contribution is 8.18. The Bertz CT molecular complexity index is 956. The molecule has 1 aliphatic rings. The summed E-state index contributed by atoms with van der Waals surface area (Å²) in [6, 6.07) is 9.10. The molecule has 0 radical (unpaired) electrons. The Morgan fingerprint density at radius 3 is 2.77 bits per heavy atom. The average molecular weight is 447 g/mol. The van der Waals surface area contributed by atoms with E-state index in [0.717, 1.165) is 27.1 Å². The highest BCUT2D eigenvalue weighted by Gasteiger charge is 2.34. The van der Waals surface area contributed by atoms with Crippen LogP contribution in [0.15, 0.2) is 40.6 Å². The van der Waals surface area contributed by atoms with Gasteiger partial charge in [-0.15, -0.1) is 11.3 Å². The SMILES string of the molecule is CCOc1ccc(/C=C2/SC(=O)N(CCNC(=O)Cc3cccs3)C2=O)cc1OC. The van der Waals surface area contributed by atoms with Gasteiger partial charge in [-0.25, -0.2) is 0 Å². The van der Waals surface area contributed by atoms with Crippen LogP contribution in [0, 0.1) is 0 Å². The van der Waals surface area contributed by atoms with Gasteiger partial charge in [0.15, 0.2) is 11.5 Å². The first-order chi connectivity index (χ1) is 14.5. The Kier molecular flexibility index (Phi) is 7.53. The molecule has 0 atom stereocenters. The van der Waals surface area contributed by atoms with E-state index in [0.29, 0.717) is 29.4 Å². The number of imide groups is 1. The minimum atomic E-state index is -0.370. The largest absolute Gasteiger partial charge is 0.493 e. The Hall–Kier alpha value is -2.78. The predicted octanol–water partition coefficient (Wildman–Crippen LogP) is 3.55. The number of hydrogen-bond donors (Lipinski definition) is 1. The number of benzene rings is 1. The Labute approximate surface area is 183 Å². The first-order valence-corrected chi connectivity index (χ1v) is 11.1. The minimum Gasteiger partial charge on any atom is -0.493 e. The van der Waals surface area contributed by atoms with Crippen molar-refractivity contribution in [1.82, 2.24) is 10.2 Å². The minimum absolute atomic E-state index is 0.130. The average Bonchev–Trinajstić information content (AvgIpc) is 3.32. The molecule has 30 heavy (non-hydrogen) atoms. The molecule has 2 aromatic rings. The van der Waals surface area contributed by atoms with Crippen molar-refractivity contribution >= 4 is 46.2 Å². The molecule has 2 heterocycles. The van der Waals surface area contributed by atoms with E-state index in [1.807, 2.05) is 24.4 Å². The number of carbonyl (C=O) groups is 3. The molecule has 0 unspecified atom stereocenters. The molecule has 7 nitrogen and oxygen atoms in total. The molecule has 3 amide bonds. The molecule has 1 N–H and O–H groups in total. The van der Waals surface area contributed by atoms with Gasteiger partial charge in [0, 0.05) is 18.0 Å². The Balaban J connectivity index is 1.59. The van der Waals surface area contributed by atoms with Crippen LogP contribution in [0.3, 0.4) is 0 Å². The lowest BCUT2D eigenvalue weighted by molar-refractivity contribution is -0.124. The summed E-state index contributed by atoms with van der Waals surface area (Å²) in [4.78, 5) is 39.3. The Morgan fingerprint density at radius 2 is 2.07 bits per heavy atom. The van der Waals surface area contributed by atoms with Crippen molar-refractivity contribution in [3.63, 3.8) is 0 Å². The van der Waals surface area contributed by atoms with Crippen molar-refractivity contribution in [2.75, 3.05) is 26.8 Å². The second-order valence-corrected chi connectivity index (χ2v) is 8.31. The molecular formula is C21H22N2O5S2. The number of ether oxygens (including phenoxy) is 2. The first-order valence-electron chi connectivity index (χ1n) is 9.37. The van der Waals surface area contributed by atoms with Gasteiger partial charge in [0.1, 0.15) is 0 Å².